The van der Waals surface area contributed by atoms with Crippen LogP contribution >= 0.6 is 11.6 Å². The molecule has 1 N–H and O–H groups in total. The molecule has 1 amide bonds. The van der Waals surface area contributed by atoms with Gasteiger partial charge in [-0.1, -0.05) is 23.7 Å². The van der Waals surface area contributed by atoms with Gasteiger partial charge in [0.05, 0.1) is 15.6 Å². The molecule has 7 heteroatoms. The van der Waals surface area contributed by atoms with E-state index in [2.05, 4.69) is 5.32 Å². The number of amides is 1. The van der Waals surface area contributed by atoms with Gasteiger partial charge in [-0.15, -0.1) is 0 Å². The van der Waals surface area contributed by atoms with Crippen molar-refractivity contribution in [3.8, 4) is 0 Å². The van der Waals surface area contributed by atoms with Crippen molar-refractivity contribution in [2.45, 2.75) is 38.5 Å². The molecule has 2 aromatic carbocycles. The Balaban J connectivity index is 1.64. The summed E-state index contributed by atoms with van der Waals surface area (Å²) in [5, 5.41) is 3.37. The number of hydrogen-bond acceptors (Lipinski definition) is 3. The first kappa shape index (κ1) is 20.8. The average Bonchev–Trinajstić information content (AvgIpc) is 2.66. The van der Waals surface area contributed by atoms with Gasteiger partial charge in [0.25, 0.3) is 0 Å². The minimum absolute atomic E-state index is 0.117. The number of carbonyl (C=O) groups excluding carboxylic acids is 1. The summed E-state index contributed by atoms with van der Waals surface area (Å²) in [6.07, 6.45) is 0.971. The van der Waals surface area contributed by atoms with Gasteiger partial charge >= 0.3 is 0 Å². The second-order valence-electron chi connectivity index (χ2n) is 7.40. The average molecular weight is 421 g/mol. The van der Waals surface area contributed by atoms with Crippen LogP contribution in [0.3, 0.4) is 0 Å². The zero-order chi connectivity index (χ0) is 20.5. The molecule has 5 nitrogen and oxygen atoms in total. The highest BCUT2D eigenvalue weighted by molar-refractivity contribution is 7.89. The van der Waals surface area contributed by atoms with Gasteiger partial charge in [-0.05, 0) is 74.6 Å². The van der Waals surface area contributed by atoms with E-state index in [9.17, 15) is 13.2 Å². The largest absolute Gasteiger partial charge is 0.325 e. The Kier molecular flexibility index (Phi) is 6.12. The summed E-state index contributed by atoms with van der Waals surface area (Å²) in [7, 11) is -3.54. The lowest BCUT2D eigenvalue weighted by atomic mass is 9.97. The summed E-state index contributed by atoms with van der Waals surface area (Å²) >= 11 is 6.18. The van der Waals surface area contributed by atoms with E-state index >= 15 is 0 Å². The van der Waals surface area contributed by atoms with Gasteiger partial charge in [-0.2, -0.15) is 4.31 Å². The number of halogens is 1. The molecule has 1 aliphatic heterocycles. The first-order chi connectivity index (χ1) is 13.2. The maximum atomic E-state index is 12.9. The van der Waals surface area contributed by atoms with Crippen LogP contribution in [0.15, 0.2) is 41.3 Å². The van der Waals surface area contributed by atoms with Crippen molar-refractivity contribution >= 4 is 33.2 Å². The molecule has 1 heterocycles. The lowest BCUT2D eigenvalue weighted by molar-refractivity contribution is -0.120. The van der Waals surface area contributed by atoms with Gasteiger partial charge in [0.2, 0.25) is 15.9 Å². The zero-order valence-corrected chi connectivity index (χ0v) is 17.9. The topological polar surface area (TPSA) is 66.5 Å². The Morgan fingerprint density at radius 3 is 2.32 bits per heavy atom. The summed E-state index contributed by atoms with van der Waals surface area (Å²) in [5.41, 5.74) is 3.62. The van der Waals surface area contributed by atoms with Crippen LogP contribution in [-0.4, -0.2) is 31.7 Å². The van der Waals surface area contributed by atoms with Crippen LogP contribution in [0.2, 0.25) is 5.02 Å². The first-order valence-electron chi connectivity index (χ1n) is 9.33. The molecule has 0 spiro atoms. The van der Waals surface area contributed by atoms with E-state index in [1.54, 1.807) is 24.3 Å². The van der Waals surface area contributed by atoms with Gasteiger partial charge in [-0.3, -0.25) is 4.79 Å². The van der Waals surface area contributed by atoms with Crippen molar-refractivity contribution < 1.29 is 13.2 Å². The van der Waals surface area contributed by atoms with Gasteiger partial charge < -0.3 is 5.32 Å². The molecule has 3 rings (SSSR count). The normalized spacial score (nSPS) is 16.1. The van der Waals surface area contributed by atoms with Crippen molar-refractivity contribution in [3.63, 3.8) is 0 Å². The molecule has 1 saturated heterocycles. The summed E-state index contributed by atoms with van der Waals surface area (Å²) in [5.74, 6) is -0.349. The number of carbonyl (C=O) groups is 1. The van der Waals surface area contributed by atoms with Gasteiger partial charge in [0.15, 0.2) is 0 Å². The predicted molar refractivity (Wildman–Crippen MR) is 112 cm³/mol. The molecule has 150 valence electrons. The Bertz CT molecular complexity index is 997. The molecular formula is C21H25ClN2O3S. The highest BCUT2D eigenvalue weighted by atomic mass is 35.5. The molecule has 1 fully saturated rings. The van der Waals surface area contributed by atoms with Crippen molar-refractivity contribution in [1.82, 2.24) is 4.31 Å². The molecule has 0 bridgehead atoms. The van der Waals surface area contributed by atoms with Crippen molar-refractivity contribution in [2.75, 3.05) is 18.4 Å². The summed E-state index contributed by atoms with van der Waals surface area (Å²) in [6, 6.07) is 10.7. The summed E-state index contributed by atoms with van der Waals surface area (Å²) < 4.78 is 27.3. The van der Waals surface area contributed by atoms with Crippen LogP contribution in [0.4, 0.5) is 5.69 Å². The third-order valence-corrected chi connectivity index (χ3v) is 7.53. The number of anilines is 1. The number of aryl methyl sites for hydroxylation is 3. The highest BCUT2D eigenvalue weighted by Crippen LogP contribution is 2.28. The van der Waals surface area contributed by atoms with Gasteiger partial charge in [0.1, 0.15) is 0 Å². The van der Waals surface area contributed by atoms with Crippen molar-refractivity contribution in [3.05, 3.63) is 58.1 Å². The highest BCUT2D eigenvalue weighted by Gasteiger charge is 2.32. The van der Waals surface area contributed by atoms with E-state index in [1.165, 1.54) is 4.31 Å². The number of rotatable bonds is 4. The van der Waals surface area contributed by atoms with Crippen LogP contribution in [0.1, 0.15) is 29.5 Å². The third-order valence-electron chi connectivity index (χ3n) is 5.32. The molecular weight excluding hydrogens is 396 g/mol. The molecule has 0 atom stereocenters. The molecule has 1 aliphatic rings. The van der Waals surface area contributed by atoms with Crippen molar-refractivity contribution in [2.24, 2.45) is 5.92 Å². The van der Waals surface area contributed by atoms with Gasteiger partial charge in [0, 0.05) is 19.0 Å². The fraction of sp³-hybridized carbons (Fsp3) is 0.381. The maximum Gasteiger partial charge on any atom is 0.243 e. The summed E-state index contributed by atoms with van der Waals surface area (Å²) in [4.78, 5) is 12.9. The van der Waals surface area contributed by atoms with Crippen LogP contribution in [0.25, 0.3) is 0 Å². The fourth-order valence-corrected chi connectivity index (χ4v) is 5.18. The predicted octanol–water partition coefficient (Wildman–Crippen LogP) is 4.30. The van der Waals surface area contributed by atoms with E-state index < -0.39 is 10.0 Å². The Labute approximate surface area is 171 Å². The summed E-state index contributed by atoms with van der Waals surface area (Å²) in [6.45, 7) is 6.45. The maximum absolute atomic E-state index is 12.9. The molecule has 0 radical (unpaired) electrons. The van der Waals surface area contributed by atoms with E-state index in [-0.39, 0.29) is 11.8 Å². The standard InChI is InChI=1S/C21H25ClN2O3S/c1-14-4-7-20(19(22)12-14)23-21(25)17-8-10-24(11-9-17)28(26,27)18-6-5-15(2)16(3)13-18/h4-7,12-13,17H,8-11H2,1-3H3,(H,23,25). The Morgan fingerprint density at radius 1 is 1.04 bits per heavy atom. The number of piperidine rings is 1. The smallest absolute Gasteiger partial charge is 0.243 e. The minimum Gasteiger partial charge on any atom is -0.325 e. The number of sulfonamides is 1. The van der Waals surface area contributed by atoms with Crippen LogP contribution in [0, 0.1) is 26.7 Å². The second kappa shape index (κ2) is 8.23. The molecule has 0 aliphatic carbocycles. The number of hydrogen-bond donors (Lipinski definition) is 1. The van der Waals surface area contributed by atoms with E-state index in [0.29, 0.717) is 41.5 Å². The zero-order valence-electron chi connectivity index (χ0n) is 16.3. The molecule has 2 aromatic rings. The third kappa shape index (κ3) is 4.40. The van der Waals surface area contributed by atoms with Gasteiger partial charge in [-0.25, -0.2) is 8.42 Å². The van der Waals surface area contributed by atoms with E-state index in [1.807, 2.05) is 32.9 Å². The van der Waals surface area contributed by atoms with Crippen LogP contribution in [-0.2, 0) is 14.8 Å². The lowest BCUT2D eigenvalue weighted by Gasteiger charge is -2.30. The fourth-order valence-electron chi connectivity index (χ4n) is 3.34. The SMILES string of the molecule is Cc1ccc(NC(=O)C2CCN(S(=O)(=O)c3ccc(C)c(C)c3)CC2)c(Cl)c1. The molecule has 0 aromatic heterocycles. The van der Waals surface area contributed by atoms with E-state index in [0.717, 1.165) is 16.7 Å². The molecule has 28 heavy (non-hydrogen) atoms. The number of nitrogens with zero attached hydrogens (tertiary/aromatic N) is 1. The second-order valence-corrected chi connectivity index (χ2v) is 9.74. The monoisotopic (exact) mass is 420 g/mol. The number of benzene rings is 2. The minimum atomic E-state index is -3.54. The Morgan fingerprint density at radius 2 is 1.71 bits per heavy atom. The molecule has 0 unspecified atom stereocenters. The molecule has 0 saturated carbocycles. The Hall–Kier alpha value is -1.89. The van der Waals surface area contributed by atoms with Crippen molar-refractivity contribution in [1.29, 1.82) is 0 Å². The van der Waals surface area contributed by atoms with E-state index in [4.69, 9.17) is 11.6 Å². The number of nitrogens with one attached hydrogen (secondary N) is 1. The quantitative estimate of drug-likeness (QED) is 0.801. The van der Waals surface area contributed by atoms with Crippen LogP contribution in [0.5, 0.6) is 0 Å². The first-order valence-corrected chi connectivity index (χ1v) is 11.1. The van der Waals surface area contributed by atoms with Crippen LogP contribution < -0.4 is 5.32 Å². The lowest BCUT2D eigenvalue weighted by Crippen LogP contribution is -2.41.